The Morgan fingerprint density at radius 3 is 2.42 bits per heavy atom. The predicted octanol–water partition coefficient (Wildman–Crippen LogP) is 2.58. The van der Waals surface area contributed by atoms with Crippen LogP contribution in [0.2, 0.25) is 0 Å². The molecule has 4 aromatic rings. The van der Waals surface area contributed by atoms with Gasteiger partial charge in [0.25, 0.3) is 5.91 Å². The van der Waals surface area contributed by atoms with Crippen LogP contribution in [0.3, 0.4) is 0 Å². The summed E-state index contributed by atoms with van der Waals surface area (Å²) in [6.45, 7) is 2.29. The molecule has 4 N–H and O–H groups in total. The fraction of sp³-hybridized carbons (Fsp3) is 0.192. The molecule has 0 spiro atoms. The normalized spacial score (nSPS) is 12.9. The van der Waals surface area contributed by atoms with E-state index < -0.39 is 24.0 Å². The number of imidazole rings is 1. The van der Waals surface area contributed by atoms with E-state index in [9.17, 15) is 14.7 Å². The molecule has 0 aliphatic heterocycles. The molecular formula is C26H26N4O3. The Morgan fingerprint density at radius 2 is 1.70 bits per heavy atom. The largest absolute Gasteiger partial charge is 0.381 e. The zero-order chi connectivity index (χ0) is 23.4. The Morgan fingerprint density at radius 1 is 1.00 bits per heavy atom. The SMILES string of the molecule is Cc1ncc(C(=O)NC(Cc2ccccc2)[C@H](O)C(N)=O)n1Cc1ccc2ccccc2c1. The van der Waals surface area contributed by atoms with Crippen molar-refractivity contribution in [3.05, 3.63) is 102 Å². The smallest absolute Gasteiger partial charge is 0.269 e. The van der Waals surface area contributed by atoms with Gasteiger partial charge in [-0.25, -0.2) is 4.98 Å². The lowest BCUT2D eigenvalue weighted by atomic mass is 10.0. The van der Waals surface area contributed by atoms with Crippen LogP contribution in [0, 0.1) is 6.92 Å². The molecule has 0 aliphatic carbocycles. The zero-order valence-corrected chi connectivity index (χ0v) is 18.3. The van der Waals surface area contributed by atoms with Crippen LogP contribution in [0.1, 0.15) is 27.4 Å². The van der Waals surface area contributed by atoms with E-state index in [1.165, 1.54) is 6.20 Å². The number of carbonyl (C=O) groups excluding carboxylic acids is 2. The summed E-state index contributed by atoms with van der Waals surface area (Å²) < 4.78 is 1.82. The third-order valence-corrected chi connectivity index (χ3v) is 5.73. The minimum absolute atomic E-state index is 0.258. The maximum Gasteiger partial charge on any atom is 0.269 e. The molecule has 7 nitrogen and oxygen atoms in total. The lowest BCUT2D eigenvalue weighted by Gasteiger charge is -2.22. The van der Waals surface area contributed by atoms with Gasteiger partial charge in [0, 0.05) is 6.54 Å². The number of benzene rings is 3. The Bertz CT molecular complexity index is 1280. The number of nitrogens with one attached hydrogen (secondary N) is 1. The van der Waals surface area contributed by atoms with Crippen LogP contribution in [0.25, 0.3) is 10.8 Å². The average molecular weight is 443 g/mol. The zero-order valence-electron chi connectivity index (χ0n) is 18.3. The van der Waals surface area contributed by atoms with E-state index in [0.717, 1.165) is 21.9 Å². The van der Waals surface area contributed by atoms with Crippen molar-refractivity contribution in [2.45, 2.75) is 32.0 Å². The highest BCUT2D eigenvalue weighted by Gasteiger charge is 2.28. The van der Waals surface area contributed by atoms with Crippen LogP contribution in [0.4, 0.5) is 0 Å². The van der Waals surface area contributed by atoms with E-state index in [1.807, 2.05) is 66.1 Å². The number of nitrogens with zero attached hydrogens (tertiary/aromatic N) is 2. The summed E-state index contributed by atoms with van der Waals surface area (Å²) in [4.78, 5) is 29.2. The van der Waals surface area contributed by atoms with Gasteiger partial charge in [-0.1, -0.05) is 66.7 Å². The molecule has 168 valence electrons. The molecule has 7 heteroatoms. The third-order valence-electron chi connectivity index (χ3n) is 5.73. The highest BCUT2D eigenvalue weighted by molar-refractivity contribution is 5.93. The molecule has 1 unspecified atom stereocenters. The Kier molecular flexibility index (Phi) is 6.51. The molecule has 0 saturated carbocycles. The Labute approximate surface area is 191 Å². The van der Waals surface area contributed by atoms with Crippen molar-refractivity contribution in [3.8, 4) is 0 Å². The van der Waals surface area contributed by atoms with Gasteiger partial charge in [-0.3, -0.25) is 9.59 Å². The molecular weight excluding hydrogens is 416 g/mol. The van der Waals surface area contributed by atoms with Crippen molar-refractivity contribution in [1.82, 2.24) is 14.9 Å². The van der Waals surface area contributed by atoms with E-state index >= 15 is 0 Å². The van der Waals surface area contributed by atoms with Gasteiger partial charge in [-0.05, 0) is 41.3 Å². The number of carbonyl (C=O) groups is 2. The number of amides is 2. The first-order chi connectivity index (χ1) is 15.9. The summed E-state index contributed by atoms with van der Waals surface area (Å²) in [6, 6.07) is 22.7. The second kappa shape index (κ2) is 9.67. The summed E-state index contributed by atoms with van der Waals surface area (Å²) in [5, 5.41) is 15.4. The molecule has 4 rings (SSSR count). The van der Waals surface area contributed by atoms with Crippen LogP contribution < -0.4 is 11.1 Å². The average Bonchev–Trinajstić information content (AvgIpc) is 3.18. The van der Waals surface area contributed by atoms with Gasteiger partial charge in [0.05, 0.1) is 12.2 Å². The molecule has 1 aromatic heterocycles. The van der Waals surface area contributed by atoms with Crippen molar-refractivity contribution >= 4 is 22.6 Å². The van der Waals surface area contributed by atoms with Crippen LogP contribution in [0.15, 0.2) is 79.0 Å². The van der Waals surface area contributed by atoms with Crippen molar-refractivity contribution in [2.24, 2.45) is 5.73 Å². The number of aliphatic hydroxyl groups is 1. The molecule has 0 radical (unpaired) electrons. The lowest BCUT2D eigenvalue weighted by molar-refractivity contribution is -0.127. The number of hydrogen-bond donors (Lipinski definition) is 3. The van der Waals surface area contributed by atoms with Crippen LogP contribution in [0.5, 0.6) is 0 Å². The molecule has 0 aliphatic rings. The first-order valence-corrected chi connectivity index (χ1v) is 10.7. The molecule has 0 bridgehead atoms. The van der Waals surface area contributed by atoms with Gasteiger partial charge >= 0.3 is 0 Å². The summed E-state index contributed by atoms with van der Waals surface area (Å²) in [5.74, 6) is -0.641. The molecule has 0 fully saturated rings. The first kappa shape index (κ1) is 22.2. The van der Waals surface area contributed by atoms with E-state index in [-0.39, 0.29) is 6.42 Å². The molecule has 3 aromatic carbocycles. The fourth-order valence-corrected chi connectivity index (χ4v) is 3.92. The lowest BCUT2D eigenvalue weighted by Crippen LogP contribution is -2.50. The number of primary amides is 1. The Balaban J connectivity index is 1.57. The standard InChI is InChI=1S/C26H26N4O3/c1-17-28-15-23(30(17)16-19-11-12-20-9-5-6-10-21(20)13-19)26(33)29-22(24(31)25(27)32)14-18-7-3-2-4-8-18/h2-13,15,22,24,31H,14,16H2,1H3,(H2,27,32)(H,29,33)/t22?,24-/m0/s1. The monoisotopic (exact) mass is 442 g/mol. The third kappa shape index (κ3) is 5.10. The van der Waals surface area contributed by atoms with Gasteiger partial charge in [-0.15, -0.1) is 0 Å². The topological polar surface area (TPSA) is 110 Å². The van der Waals surface area contributed by atoms with E-state index in [4.69, 9.17) is 5.73 Å². The van der Waals surface area contributed by atoms with Gasteiger partial charge in [0.1, 0.15) is 11.5 Å². The van der Waals surface area contributed by atoms with Gasteiger partial charge in [0.15, 0.2) is 6.10 Å². The van der Waals surface area contributed by atoms with E-state index in [0.29, 0.717) is 18.1 Å². The van der Waals surface area contributed by atoms with Crippen LogP contribution >= 0.6 is 0 Å². The number of aryl methyl sites for hydroxylation is 1. The molecule has 33 heavy (non-hydrogen) atoms. The molecule has 2 atom stereocenters. The number of rotatable bonds is 8. The first-order valence-electron chi connectivity index (χ1n) is 10.7. The minimum atomic E-state index is -1.52. The summed E-state index contributed by atoms with van der Waals surface area (Å²) in [5.41, 5.74) is 7.57. The maximum absolute atomic E-state index is 13.2. The second-order valence-electron chi connectivity index (χ2n) is 8.08. The summed E-state index contributed by atoms with van der Waals surface area (Å²) >= 11 is 0. The highest BCUT2D eigenvalue weighted by atomic mass is 16.3. The van der Waals surface area contributed by atoms with Crippen LogP contribution in [-0.2, 0) is 17.8 Å². The number of hydrogen-bond acceptors (Lipinski definition) is 4. The Hall–Kier alpha value is -3.97. The number of aliphatic hydroxyl groups excluding tert-OH is 1. The highest BCUT2D eigenvalue weighted by Crippen LogP contribution is 2.18. The maximum atomic E-state index is 13.2. The fourth-order valence-electron chi connectivity index (χ4n) is 3.92. The number of fused-ring (bicyclic) bond motifs is 1. The number of nitrogens with two attached hydrogens (primary N) is 1. The molecule has 0 saturated heterocycles. The van der Waals surface area contributed by atoms with E-state index in [2.05, 4.69) is 28.5 Å². The second-order valence-corrected chi connectivity index (χ2v) is 8.08. The minimum Gasteiger partial charge on any atom is -0.381 e. The van der Waals surface area contributed by atoms with Gasteiger partial charge < -0.3 is 20.7 Å². The predicted molar refractivity (Wildman–Crippen MR) is 127 cm³/mol. The van der Waals surface area contributed by atoms with Crippen molar-refractivity contribution < 1.29 is 14.7 Å². The van der Waals surface area contributed by atoms with Crippen molar-refractivity contribution in [2.75, 3.05) is 0 Å². The quantitative estimate of drug-likeness (QED) is 0.390. The van der Waals surface area contributed by atoms with Crippen molar-refractivity contribution in [3.63, 3.8) is 0 Å². The molecule has 2 amide bonds. The van der Waals surface area contributed by atoms with E-state index in [1.54, 1.807) is 0 Å². The van der Waals surface area contributed by atoms with Gasteiger partial charge in [-0.2, -0.15) is 0 Å². The number of aromatic nitrogens is 2. The summed E-state index contributed by atoms with van der Waals surface area (Å²) in [7, 11) is 0. The van der Waals surface area contributed by atoms with Crippen LogP contribution in [-0.4, -0.2) is 38.6 Å². The van der Waals surface area contributed by atoms with Crippen molar-refractivity contribution in [1.29, 1.82) is 0 Å². The van der Waals surface area contributed by atoms with Gasteiger partial charge in [0.2, 0.25) is 5.91 Å². The molecule has 1 heterocycles. The summed E-state index contributed by atoms with van der Waals surface area (Å²) in [6.07, 6.45) is 0.239.